The number of nitrogen functional groups attached to an aromatic ring is 1. The molecule has 2 amide bonds. The zero-order valence-electron chi connectivity index (χ0n) is 22.6. The van der Waals surface area contributed by atoms with E-state index in [9.17, 15) is 19.2 Å². The minimum Gasteiger partial charge on any atom is -0.382 e. The van der Waals surface area contributed by atoms with Crippen LogP contribution in [-0.4, -0.2) is 54.0 Å². The van der Waals surface area contributed by atoms with Crippen molar-refractivity contribution in [2.24, 2.45) is 0 Å². The van der Waals surface area contributed by atoms with Gasteiger partial charge in [-0.2, -0.15) is 0 Å². The number of nitrogens with two attached hydrogens (primary N) is 1. The summed E-state index contributed by atoms with van der Waals surface area (Å²) in [5.41, 5.74) is 6.51. The summed E-state index contributed by atoms with van der Waals surface area (Å²) in [6.45, 7) is 3.64. The molecule has 3 aromatic rings. The Bertz CT molecular complexity index is 1350. The zero-order chi connectivity index (χ0) is 28.0. The first kappa shape index (κ1) is 29.5. The van der Waals surface area contributed by atoms with Crippen LogP contribution < -0.4 is 27.6 Å². The molecule has 5 N–H and O–H groups in total. The highest BCUT2D eigenvalue weighted by molar-refractivity contribution is 5.81. The number of nitrogens with zero attached hydrogens (tertiary/aromatic N) is 5. The van der Waals surface area contributed by atoms with Gasteiger partial charge in [0, 0.05) is 50.8 Å². The quantitative estimate of drug-likeness (QED) is 0.185. The van der Waals surface area contributed by atoms with Gasteiger partial charge < -0.3 is 20.9 Å². The van der Waals surface area contributed by atoms with Gasteiger partial charge in [0.15, 0.2) is 11.5 Å². The molecule has 0 aliphatic heterocycles. The van der Waals surface area contributed by atoms with E-state index < -0.39 is 11.2 Å². The molecule has 0 unspecified atom stereocenters. The average molecular weight is 542 g/mol. The highest BCUT2D eigenvalue weighted by Gasteiger charge is 2.09. The van der Waals surface area contributed by atoms with E-state index in [1.54, 1.807) is 13.3 Å². The van der Waals surface area contributed by atoms with E-state index in [1.165, 1.54) is 17.1 Å². The maximum absolute atomic E-state index is 12.1. The van der Waals surface area contributed by atoms with Crippen LogP contribution in [0.1, 0.15) is 69.8 Å². The van der Waals surface area contributed by atoms with Gasteiger partial charge in [-0.3, -0.25) is 23.9 Å². The van der Waals surface area contributed by atoms with Crippen molar-refractivity contribution in [1.82, 2.24) is 39.7 Å². The summed E-state index contributed by atoms with van der Waals surface area (Å²) in [5.74, 6) is 0.235. The van der Waals surface area contributed by atoms with Crippen molar-refractivity contribution < 1.29 is 9.59 Å². The number of rotatable bonds is 17. The predicted octanol–water partition coefficient (Wildman–Crippen LogP) is 1.40. The summed E-state index contributed by atoms with van der Waals surface area (Å²) in [7, 11) is 0. The Morgan fingerprint density at radius 2 is 1.41 bits per heavy atom. The Kier molecular flexibility index (Phi) is 11.7. The molecule has 0 fully saturated rings. The van der Waals surface area contributed by atoms with Crippen LogP contribution in [0.15, 0.2) is 28.4 Å². The third-order valence-corrected chi connectivity index (χ3v) is 6.53. The Hall–Kier alpha value is -4.03. The Labute approximate surface area is 226 Å². The van der Waals surface area contributed by atoms with Crippen LogP contribution in [0.4, 0.5) is 5.82 Å². The number of unbranched alkanes of at least 4 members (excludes halogenated alkanes) is 7. The van der Waals surface area contributed by atoms with Gasteiger partial charge in [-0.25, -0.2) is 19.7 Å². The third-order valence-electron chi connectivity index (χ3n) is 6.53. The molecular formula is C26H39N9O4. The van der Waals surface area contributed by atoms with Crippen LogP contribution in [0, 0.1) is 6.92 Å². The van der Waals surface area contributed by atoms with E-state index in [2.05, 4.69) is 30.6 Å². The Morgan fingerprint density at radius 3 is 2.03 bits per heavy atom. The minimum atomic E-state index is -0.499. The van der Waals surface area contributed by atoms with Gasteiger partial charge in [0.25, 0.3) is 5.56 Å². The van der Waals surface area contributed by atoms with E-state index in [1.807, 2.05) is 4.57 Å². The zero-order valence-corrected chi connectivity index (χ0v) is 22.6. The lowest BCUT2D eigenvalue weighted by Crippen LogP contribution is -2.33. The molecule has 3 heterocycles. The number of aromatic nitrogens is 6. The first-order valence-corrected chi connectivity index (χ1v) is 13.6. The monoisotopic (exact) mass is 541 g/mol. The van der Waals surface area contributed by atoms with Crippen LogP contribution in [0.5, 0.6) is 0 Å². The molecular weight excluding hydrogens is 502 g/mol. The first-order valence-electron chi connectivity index (χ1n) is 13.6. The molecule has 3 rings (SSSR count). The SMILES string of the molecule is Cc1cn(CCC(=O)NCCCCCCCCCCNC(=O)CCn2cnc3c(N)ncnc32)c(=O)[nH]c1=O. The molecule has 0 bridgehead atoms. The van der Waals surface area contributed by atoms with Gasteiger partial charge in [0.1, 0.15) is 11.8 Å². The fourth-order valence-corrected chi connectivity index (χ4v) is 4.23. The second kappa shape index (κ2) is 15.4. The third kappa shape index (κ3) is 9.65. The largest absolute Gasteiger partial charge is 0.382 e. The van der Waals surface area contributed by atoms with Crippen LogP contribution in [0.3, 0.4) is 0 Å². The standard InChI is InChI=1S/C26H39N9O4/c1-19-16-34(26(39)33-25(19)38)14-10-20(36)28-12-8-6-4-2-3-5-7-9-13-29-21(37)11-15-35-18-32-22-23(27)30-17-31-24(22)35/h16-18H,2-15H2,1H3,(H,28,36)(H,29,37)(H2,27,30,31)(H,33,38,39). The number of aromatic amines is 1. The van der Waals surface area contributed by atoms with Gasteiger partial charge >= 0.3 is 5.69 Å². The minimum absolute atomic E-state index is 0.00591. The molecule has 0 radical (unpaired) electrons. The van der Waals surface area contributed by atoms with Crippen molar-refractivity contribution in [3.63, 3.8) is 0 Å². The highest BCUT2D eigenvalue weighted by Crippen LogP contribution is 2.14. The van der Waals surface area contributed by atoms with E-state index in [0.29, 0.717) is 48.6 Å². The van der Waals surface area contributed by atoms with Gasteiger partial charge in [-0.15, -0.1) is 0 Å². The number of carbonyl (C=O) groups is 2. The first-order chi connectivity index (χ1) is 18.8. The summed E-state index contributed by atoms with van der Waals surface area (Å²) in [4.78, 5) is 61.8. The molecule has 0 aliphatic carbocycles. The Morgan fingerprint density at radius 1 is 0.846 bits per heavy atom. The van der Waals surface area contributed by atoms with E-state index in [0.717, 1.165) is 51.4 Å². The van der Waals surface area contributed by atoms with Crippen molar-refractivity contribution in [2.75, 3.05) is 18.8 Å². The summed E-state index contributed by atoms with van der Waals surface area (Å²) >= 11 is 0. The number of anilines is 1. The molecule has 212 valence electrons. The van der Waals surface area contributed by atoms with E-state index in [-0.39, 0.29) is 24.8 Å². The maximum Gasteiger partial charge on any atom is 0.328 e. The number of fused-ring (bicyclic) bond motifs is 1. The summed E-state index contributed by atoms with van der Waals surface area (Å²) < 4.78 is 3.16. The van der Waals surface area contributed by atoms with Crippen LogP contribution in [0.25, 0.3) is 11.2 Å². The summed E-state index contributed by atoms with van der Waals surface area (Å²) in [5, 5.41) is 5.85. The number of carbonyl (C=O) groups excluding carboxylic acids is 2. The van der Waals surface area contributed by atoms with Crippen molar-refractivity contribution in [3.8, 4) is 0 Å². The van der Waals surface area contributed by atoms with Crippen molar-refractivity contribution in [1.29, 1.82) is 0 Å². The molecule has 0 aromatic carbocycles. The van der Waals surface area contributed by atoms with Crippen LogP contribution in [0.2, 0.25) is 0 Å². The lowest BCUT2D eigenvalue weighted by Gasteiger charge is -2.08. The second-order valence-electron chi connectivity index (χ2n) is 9.66. The number of amides is 2. The molecule has 0 atom stereocenters. The Balaban J connectivity index is 1.12. The number of hydrogen-bond acceptors (Lipinski definition) is 8. The van der Waals surface area contributed by atoms with E-state index in [4.69, 9.17) is 5.73 Å². The molecule has 39 heavy (non-hydrogen) atoms. The number of hydrogen-bond donors (Lipinski definition) is 4. The molecule has 13 nitrogen and oxygen atoms in total. The molecule has 3 aromatic heterocycles. The highest BCUT2D eigenvalue weighted by atomic mass is 16.2. The predicted molar refractivity (Wildman–Crippen MR) is 148 cm³/mol. The maximum atomic E-state index is 12.1. The summed E-state index contributed by atoms with van der Waals surface area (Å²) in [6, 6.07) is 0. The smallest absolute Gasteiger partial charge is 0.328 e. The molecule has 0 saturated heterocycles. The molecule has 13 heteroatoms. The second-order valence-corrected chi connectivity index (χ2v) is 9.66. The number of nitrogens with one attached hydrogen (secondary N) is 3. The molecule has 0 saturated carbocycles. The fourth-order valence-electron chi connectivity index (χ4n) is 4.23. The van der Waals surface area contributed by atoms with Gasteiger partial charge in [0.2, 0.25) is 11.8 Å². The van der Waals surface area contributed by atoms with Crippen LogP contribution in [-0.2, 0) is 22.7 Å². The van der Waals surface area contributed by atoms with E-state index >= 15 is 0 Å². The number of imidazole rings is 1. The number of aryl methyl sites for hydroxylation is 3. The lowest BCUT2D eigenvalue weighted by atomic mass is 10.1. The number of H-pyrrole nitrogens is 1. The average Bonchev–Trinajstić information content (AvgIpc) is 3.33. The van der Waals surface area contributed by atoms with Crippen molar-refractivity contribution in [3.05, 3.63) is 45.3 Å². The topological polar surface area (TPSA) is 183 Å². The molecule has 0 spiro atoms. The van der Waals surface area contributed by atoms with Crippen molar-refractivity contribution in [2.45, 2.75) is 84.2 Å². The van der Waals surface area contributed by atoms with Crippen molar-refractivity contribution >= 4 is 28.8 Å². The molecule has 0 aliphatic rings. The lowest BCUT2D eigenvalue weighted by molar-refractivity contribution is -0.122. The summed E-state index contributed by atoms with van der Waals surface area (Å²) in [6.07, 6.45) is 13.6. The van der Waals surface area contributed by atoms with Crippen LogP contribution >= 0.6 is 0 Å². The fraction of sp³-hybridized carbons (Fsp3) is 0.577. The normalized spacial score (nSPS) is 11.1. The van der Waals surface area contributed by atoms with Gasteiger partial charge in [0.05, 0.1) is 6.33 Å². The van der Waals surface area contributed by atoms with Gasteiger partial charge in [-0.1, -0.05) is 38.5 Å². The van der Waals surface area contributed by atoms with Gasteiger partial charge in [-0.05, 0) is 19.8 Å².